The molecule has 2 heterocycles. The molecule has 192 valence electrons. The molecule has 0 aliphatic rings. The molecular weight excluding hydrogens is 472 g/mol. The molecule has 0 spiro atoms. The van der Waals surface area contributed by atoms with Gasteiger partial charge in [-0.1, -0.05) is 18.2 Å². The number of nitrogens with one attached hydrogen (secondary N) is 1. The molecule has 2 N–H and O–H groups in total. The number of pyridine rings is 1. The van der Waals surface area contributed by atoms with Gasteiger partial charge in [0.1, 0.15) is 23.7 Å². The van der Waals surface area contributed by atoms with E-state index >= 15 is 0 Å². The Bertz CT molecular complexity index is 1460. The molecule has 0 fully saturated rings. The van der Waals surface area contributed by atoms with E-state index in [1.54, 1.807) is 31.4 Å². The van der Waals surface area contributed by atoms with Crippen LogP contribution in [0.15, 0.2) is 48.7 Å². The Labute approximate surface area is 215 Å². The number of para-hydroxylation sites is 1. The lowest BCUT2D eigenvalue weighted by atomic mass is 10.0. The van der Waals surface area contributed by atoms with Crippen molar-refractivity contribution >= 4 is 22.5 Å². The summed E-state index contributed by atoms with van der Waals surface area (Å²) in [7, 11) is 3.06. The number of hydrogen-bond acceptors (Lipinski definition) is 7. The third kappa shape index (κ3) is 5.34. The number of rotatable bonds is 11. The summed E-state index contributed by atoms with van der Waals surface area (Å²) < 4.78 is 16.4. The molecule has 0 bridgehead atoms. The normalized spacial score (nSPS) is 10.9. The first-order chi connectivity index (χ1) is 17.9. The summed E-state index contributed by atoms with van der Waals surface area (Å²) >= 11 is 0. The first-order valence-electron chi connectivity index (χ1n) is 12.0. The minimum Gasteiger partial charge on any atom is -0.494 e. The van der Waals surface area contributed by atoms with E-state index in [-0.39, 0.29) is 43.3 Å². The number of benzene rings is 2. The van der Waals surface area contributed by atoms with Crippen LogP contribution < -0.4 is 14.2 Å². The van der Waals surface area contributed by atoms with Crippen LogP contribution in [0.1, 0.15) is 44.8 Å². The predicted molar refractivity (Wildman–Crippen MR) is 141 cm³/mol. The molecule has 0 atom stereocenters. The van der Waals surface area contributed by atoms with Gasteiger partial charge in [0.2, 0.25) is 0 Å². The number of carbonyl (C=O) groups is 2. The Morgan fingerprint density at radius 1 is 0.946 bits per heavy atom. The Morgan fingerprint density at radius 2 is 1.73 bits per heavy atom. The van der Waals surface area contributed by atoms with E-state index in [4.69, 9.17) is 19.3 Å². The van der Waals surface area contributed by atoms with Crippen molar-refractivity contribution in [1.29, 1.82) is 0 Å². The lowest BCUT2D eigenvalue weighted by molar-refractivity contribution is 0.0914. The van der Waals surface area contributed by atoms with Crippen LogP contribution in [0, 0.1) is 13.8 Å². The van der Waals surface area contributed by atoms with Crippen LogP contribution in [0.4, 0.5) is 0 Å². The zero-order valence-electron chi connectivity index (χ0n) is 21.4. The maximum absolute atomic E-state index is 13.1. The Balaban J connectivity index is 1.56. The molecular formula is C29H30N2O6. The van der Waals surface area contributed by atoms with Gasteiger partial charge >= 0.3 is 0 Å². The number of aliphatic hydroxyl groups excluding tert-OH is 1. The number of hydrogen-bond donors (Lipinski definition) is 2. The Kier molecular flexibility index (Phi) is 7.89. The fraction of sp³-hybridized carbons (Fsp3) is 0.276. The largest absolute Gasteiger partial charge is 0.494 e. The van der Waals surface area contributed by atoms with Gasteiger partial charge in [-0.2, -0.15) is 0 Å². The molecule has 0 amide bonds. The van der Waals surface area contributed by atoms with Crippen LogP contribution in [-0.4, -0.2) is 54.1 Å². The number of aromatic amines is 1. The van der Waals surface area contributed by atoms with E-state index < -0.39 is 0 Å². The quantitative estimate of drug-likeness (QED) is 0.275. The van der Waals surface area contributed by atoms with Crippen LogP contribution >= 0.6 is 0 Å². The highest BCUT2D eigenvalue weighted by Crippen LogP contribution is 2.37. The number of fused-ring (bicyclic) bond motifs is 1. The number of ketones is 2. The SMILES string of the molecule is COc1cc(C(=O)CCC(=O)c2cc(C)c(OC)c(-c3c[nH]c4c(C)cccc34)n2)ccc1OCCO. The molecule has 8 heteroatoms. The van der Waals surface area contributed by atoms with Crippen molar-refractivity contribution in [2.45, 2.75) is 26.7 Å². The summed E-state index contributed by atoms with van der Waals surface area (Å²) in [5.74, 6) is 0.994. The fourth-order valence-electron chi connectivity index (χ4n) is 4.36. The van der Waals surface area contributed by atoms with Gasteiger partial charge < -0.3 is 24.3 Å². The molecule has 0 saturated heterocycles. The highest BCUT2D eigenvalue weighted by molar-refractivity contribution is 6.03. The Morgan fingerprint density at radius 3 is 2.46 bits per heavy atom. The molecule has 0 unspecified atom stereocenters. The maximum Gasteiger partial charge on any atom is 0.181 e. The van der Waals surface area contributed by atoms with Gasteiger partial charge in [-0.3, -0.25) is 9.59 Å². The number of nitrogens with zero attached hydrogens (tertiary/aromatic N) is 1. The van der Waals surface area contributed by atoms with Crippen molar-refractivity contribution < 1.29 is 28.9 Å². The summed E-state index contributed by atoms with van der Waals surface area (Å²) in [5, 5.41) is 9.95. The average molecular weight is 503 g/mol. The third-order valence-electron chi connectivity index (χ3n) is 6.24. The number of aryl methyl sites for hydroxylation is 2. The molecule has 0 saturated carbocycles. The topological polar surface area (TPSA) is 111 Å². The van der Waals surface area contributed by atoms with E-state index in [9.17, 15) is 9.59 Å². The summed E-state index contributed by atoms with van der Waals surface area (Å²) in [6.07, 6.45) is 1.91. The van der Waals surface area contributed by atoms with Gasteiger partial charge in [-0.25, -0.2) is 4.98 Å². The Hall–Kier alpha value is -4.17. The van der Waals surface area contributed by atoms with Gasteiger partial charge in [-0.15, -0.1) is 0 Å². The smallest absolute Gasteiger partial charge is 0.181 e. The highest BCUT2D eigenvalue weighted by Gasteiger charge is 2.20. The molecule has 0 radical (unpaired) electrons. The fourth-order valence-corrected chi connectivity index (χ4v) is 4.36. The van der Waals surface area contributed by atoms with Crippen LogP contribution in [0.25, 0.3) is 22.2 Å². The molecule has 0 aliphatic heterocycles. The van der Waals surface area contributed by atoms with Crippen molar-refractivity contribution in [2.24, 2.45) is 0 Å². The van der Waals surface area contributed by atoms with Gasteiger partial charge in [0, 0.05) is 41.1 Å². The van der Waals surface area contributed by atoms with E-state index in [0.717, 1.165) is 27.6 Å². The lowest BCUT2D eigenvalue weighted by Gasteiger charge is -2.13. The van der Waals surface area contributed by atoms with Gasteiger partial charge in [-0.05, 0) is 49.2 Å². The number of methoxy groups -OCH3 is 2. The monoisotopic (exact) mass is 502 g/mol. The predicted octanol–water partition coefficient (Wildman–Crippen LogP) is 5.08. The van der Waals surface area contributed by atoms with E-state index in [1.807, 2.05) is 38.2 Å². The number of Topliss-reactive ketones (excluding diaryl/α,β-unsaturated/α-hetero) is 2. The standard InChI is InChI=1S/C29H30N2O6/c1-17-6-5-7-20-21(16-30-27(17)20)28-29(36-4)18(2)14-22(31-28)24(34)10-9-23(33)19-8-11-25(37-13-12-32)26(15-19)35-3/h5-8,11,14-16,30,32H,9-10,12-13H2,1-4H3. The minimum atomic E-state index is -0.230. The zero-order valence-corrected chi connectivity index (χ0v) is 21.4. The van der Waals surface area contributed by atoms with Crippen molar-refractivity contribution in [3.05, 3.63) is 71.0 Å². The summed E-state index contributed by atoms with van der Waals surface area (Å²) in [6, 6.07) is 12.5. The summed E-state index contributed by atoms with van der Waals surface area (Å²) in [5.41, 5.74) is 5.02. The first kappa shape index (κ1) is 25.9. The zero-order chi connectivity index (χ0) is 26.5. The number of H-pyrrole nitrogens is 1. The van der Waals surface area contributed by atoms with E-state index in [1.165, 1.54) is 7.11 Å². The average Bonchev–Trinajstić information content (AvgIpc) is 3.35. The van der Waals surface area contributed by atoms with Crippen molar-refractivity contribution in [3.8, 4) is 28.5 Å². The second-order valence-corrected chi connectivity index (χ2v) is 8.69. The van der Waals surface area contributed by atoms with Gasteiger partial charge in [0.25, 0.3) is 0 Å². The number of aliphatic hydroxyl groups is 1. The molecule has 37 heavy (non-hydrogen) atoms. The third-order valence-corrected chi connectivity index (χ3v) is 6.24. The van der Waals surface area contributed by atoms with E-state index in [2.05, 4.69) is 9.97 Å². The second-order valence-electron chi connectivity index (χ2n) is 8.69. The number of aromatic nitrogens is 2. The van der Waals surface area contributed by atoms with E-state index in [0.29, 0.717) is 28.5 Å². The van der Waals surface area contributed by atoms with Crippen LogP contribution in [0.2, 0.25) is 0 Å². The summed E-state index contributed by atoms with van der Waals surface area (Å²) in [4.78, 5) is 34.0. The maximum atomic E-state index is 13.1. The van der Waals surface area contributed by atoms with Crippen molar-refractivity contribution in [2.75, 3.05) is 27.4 Å². The van der Waals surface area contributed by atoms with Crippen LogP contribution in [0.5, 0.6) is 17.2 Å². The lowest BCUT2D eigenvalue weighted by Crippen LogP contribution is -2.09. The van der Waals surface area contributed by atoms with Gasteiger partial charge in [0.05, 0.1) is 20.8 Å². The van der Waals surface area contributed by atoms with Crippen LogP contribution in [-0.2, 0) is 0 Å². The molecule has 4 rings (SSSR count). The second kappa shape index (κ2) is 11.3. The highest BCUT2D eigenvalue weighted by atomic mass is 16.5. The number of ether oxygens (including phenoxy) is 3. The number of carbonyl (C=O) groups excluding carboxylic acids is 2. The molecule has 4 aromatic rings. The van der Waals surface area contributed by atoms with Crippen molar-refractivity contribution in [3.63, 3.8) is 0 Å². The minimum absolute atomic E-state index is 0.00904. The van der Waals surface area contributed by atoms with Crippen LogP contribution in [0.3, 0.4) is 0 Å². The molecule has 0 aliphatic carbocycles. The van der Waals surface area contributed by atoms with Crippen molar-refractivity contribution in [1.82, 2.24) is 9.97 Å². The summed E-state index contributed by atoms with van der Waals surface area (Å²) in [6.45, 7) is 3.89. The first-order valence-corrected chi connectivity index (χ1v) is 12.0. The molecule has 2 aromatic heterocycles. The molecule has 2 aromatic carbocycles. The van der Waals surface area contributed by atoms with Gasteiger partial charge in [0.15, 0.2) is 23.1 Å². The molecule has 8 nitrogen and oxygen atoms in total.